The van der Waals surface area contributed by atoms with E-state index in [2.05, 4.69) is 35.4 Å². The first kappa shape index (κ1) is 16.6. The summed E-state index contributed by atoms with van der Waals surface area (Å²) in [5.41, 5.74) is 10.2. The SMILES string of the molecule is CCCC1CC1N=C(N)Nc1cccc2c1CCCC2.I. The van der Waals surface area contributed by atoms with Crippen LogP contribution in [0.15, 0.2) is 23.2 Å². The molecule has 2 atom stereocenters. The number of hydrogen-bond donors (Lipinski definition) is 2. The molecule has 1 fully saturated rings. The summed E-state index contributed by atoms with van der Waals surface area (Å²) in [4.78, 5) is 4.62. The Bertz CT molecular complexity index is 513. The van der Waals surface area contributed by atoms with Crippen molar-refractivity contribution in [3.8, 4) is 0 Å². The minimum Gasteiger partial charge on any atom is -0.370 e. The van der Waals surface area contributed by atoms with Gasteiger partial charge in [0.15, 0.2) is 5.96 Å². The molecule has 0 heterocycles. The Morgan fingerprint density at radius 1 is 1.33 bits per heavy atom. The van der Waals surface area contributed by atoms with Gasteiger partial charge in [-0.3, -0.25) is 0 Å². The molecule has 4 heteroatoms. The quantitative estimate of drug-likeness (QED) is 0.455. The Morgan fingerprint density at radius 2 is 2.14 bits per heavy atom. The highest BCUT2D eigenvalue weighted by atomic mass is 127. The summed E-state index contributed by atoms with van der Waals surface area (Å²) in [6.45, 7) is 2.23. The molecule has 3 nitrogen and oxygen atoms in total. The van der Waals surface area contributed by atoms with Gasteiger partial charge < -0.3 is 11.1 Å². The van der Waals surface area contributed by atoms with Gasteiger partial charge in [0.25, 0.3) is 0 Å². The molecule has 3 N–H and O–H groups in total. The Labute approximate surface area is 144 Å². The normalized spacial score (nSPS) is 24.0. The molecule has 0 aromatic heterocycles. The predicted octanol–water partition coefficient (Wildman–Crippen LogP) is 4.10. The van der Waals surface area contributed by atoms with Crippen LogP contribution in [0.5, 0.6) is 0 Å². The summed E-state index contributed by atoms with van der Waals surface area (Å²) in [7, 11) is 0. The van der Waals surface area contributed by atoms with Gasteiger partial charge in [-0.25, -0.2) is 4.99 Å². The Morgan fingerprint density at radius 3 is 2.95 bits per heavy atom. The number of aliphatic imine (C=N–C) groups is 1. The molecule has 0 spiro atoms. The number of benzene rings is 1. The fourth-order valence-corrected chi connectivity index (χ4v) is 3.32. The van der Waals surface area contributed by atoms with E-state index >= 15 is 0 Å². The maximum atomic E-state index is 6.08. The number of fused-ring (bicyclic) bond motifs is 1. The molecule has 1 aromatic rings. The highest BCUT2D eigenvalue weighted by Crippen LogP contribution is 2.37. The highest BCUT2D eigenvalue weighted by molar-refractivity contribution is 14.0. The van der Waals surface area contributed by atoms with Crippen LogP contribution in [-0.2, 0) is 12.8 Å². The van der Waals surface area contributed by atoms with Crippen LogP contribution in [0.2, 0.25) is 0 Å². The maximum Gasteiger partial charge on any atom is 0.193 e. The highest BCUT2D eigenvalue weighted by Gasteiger charge is 2.36. The number of hydrogen-bond acceptors (Lipinski definition) is 1. The number of nitrogens with zero attached hydrogens (tertiary/aromatic N) is 1. The average Bonchev–Trinajstić information content (AvgIpc) is 3.17. The van der Waals surface area contributed by atoms with Crippen LogP contribution in [0.25, 0.3) is 0 Å². The first-order valence-corrected chi connectivity index (χ1v) is 7.99. The van der Waals surface area contributed by atoms with Gasteiger partial charge in [-0.15, -0.1) is 24.0 Å². The molecule has 2 unspecified atom stereocenters. The summed E-state index contributed by atoms with van der Waals surface area (Å²) in [6, 6.07) is 6.95. The van der Waals surface area contributed by atoms with E-state index in [1.54, 1.807) is 0 Å². The second kappa shape index (κ2) is 7.47. The van der Waals surface area contributed by atoms with Gasteiger partial charge in [0.05, 0.1) is 6.04 Å². The summed E-state index contributed by atoms with van der Waals surface area (Å²) < 4.78 is 0. The smallest absolute Gasteiger partial charge is 0.193 e. The molecule has 2 aliphatic rings. The third kappa shape index (κ3) is 4.11. The van der Waals surface area contributed by atoms with E-state index in [0.717, 1.165) is 18.0 Å². The van der Waals surface area contributed by atoms with E-state index in [1.165, 1.54) is 49.7 Å². The lowest BCUT2D eigenvalue weighted by Gasteiger charge is -2.19. The molecule has 0 amide bonds. The van der Waals surface area contributed by atoms with Gasteiger partial charge in [-0.05, 0) is 61.6 Å². The second-order valence-electron chi connectivity index (χ2n) is 6.14. The van der Waals surface area contributed by atoms with Crippen LogP contribution in [0.3, 0.4) is 0 Å². The Balaban J connectivity index is 0.00000161. The van der Waals surface area contributed by atoms with E-state index in [-0.39, 0.29) is 24.0 Å². The van der Waals surface area contributed by atoms with Gasteiger partial charge in [0.1, 0.15) is 0 Å². The van der Waals surface area contributed by atoms with Crippen molar-refractivity contribution in [1.29, 1.82) is 0 Å². The third-order valence-electron chi connectivity index (χ3n) is 4.51. The van der Waals surface area contributed by atoms with Crippen LogP contribution in [0.1, 0.15) is 50.2 Å². The molecular weight excluding hydrogens is 373 g/mol. The van der Waals surface area contributed by atoms with Crippen LogP contribution in [0.4, 0.5) is 5.69 Å². The van der Waals surface area contributed by atoms with E-state index in [0.29, 0.717) is 12.0 Å². The second-order valence-corrected chi connectivity index (χ2v) is 6.14. The fraction of sp³-hybridized carbons (Fsp3) is 0.588. The monoisotopic (exact) mass is 399 g/mol. The van der Waals surface area contributed by atoms with Gasteiger partial charge in [0, 0.05) is 5.69 Å². The molecule has 0 aliphatic heterocycles. The van der Waals surface area contributed by atoms with Crippen molar-refractivity contribution in [3.63, 3.8) is 0 Å². The number of rotatable bonds is 4. The zero-order valence-corrected chi connectivity index (χ0v) is 15.1. The zero-order chi connectivity index (χ0) is 13.9. The first-order chi connectivity index (χ1) is 9.78. The maximum absolute atomic E-state index is 6.08. The van der Waals surface area contributed by atoms with E-state index in [4.69, 9.17) is 5.73 Å². The number of anilines is 1. The van der Waals surface area contributed by atoms with Crippen LogP contribution in [-0.4, -0.2) is 12.0 Å². The van der Waals surface area contributed by atoms with Crippen molar-refractivity contribution in [2.75, 3.05) is 5.32 Å². The molecule has 0 bridgehead atoms. The van der Waals surface area contributed by atoms with E-state index in [1.807, 2.05) is 0 Å². The molecule has 1 saturated carbocycles. The topological polar surface area (TPSA) is 50.4 Å². The first-order valence-electron chi connectivity index (χ1n) is 7.99. The summed E-state index contributed by atoms with van der Waals surface area (Å²) >= 11 is 0. The van der Waals surface area contributed by atoms with Crippen LogP contribution < -0.4 is 11.1 Å². The molecule has 1 aromatic carbocycles. The van der Waals surface area contributed by atoms with Crippen molar-refractivity contribution in [3.05, 3.63) is 29.3 Å². The standard InChI is InChI=1S/C17H25N3.HI/c1-2-6-13-11-16(13)20-17(18)19-15-10-5-8-12-7-3-4-9-14(12)15;/h5,8,10,13,16H,2-4,6-7,9,11H2,1H3,(H3,18,19,20);1H. The fourth-order valence-electron chi connectivity index (χ4n) is 3.32. The zero-order valence-electron chi connectivity index (χ0n) is 12.8. The largest absolute Gasteiger partial charge is 0.370 e. The minimum atomic E-state index is 0. The molecule has 2 aliphatic carbocycles. The lowest BCUT2D eigenvalue weighted by Crippen LogP contribution is -2.24. The van der Waals surface area contributed by atoms with Crippen molar-refractivity contribution < 1.29 is 0 Å². The minimum absolute atomic E-state index is 0. The molecule has 0 saturated heterocycles. The van der Waals surface area contributed by atoms with Gasteiger partial charge in [-0.2, -0.15) is 0 Å². The molecular formula is C17H26IN3. The Hall–Kier alpha value is -0.780. The molecule has 0 radical (unpaired) electrons. The average molecular weight is 399 g/mol. The molecule has 21 heavy (non-hydrogen) atoms. The van der Waals surface area contributed by atoms with Gasteiger partial charge >= 0.3 is 0 Å². The van der Waals surface area contributed by atoms with Crippen molar-refractivity contribution in [1.82, 2.24) is 0 Å². The van der Waals surface area contributed by atoms with Crippen molar-refractivity contribution in [2.24, 2.45) is 16.6 Å². The lowest BCUT2D eigenvalue weighted by molar-refractivity contribution is 0.683. The van der Waals surface area contributed by atoms with Gasteiger partial charge in [-0.1, -0.05) is 25.5 Å². The van der Waals surface area contributed by atoms with Crippen molar-refractivity contribution in [2.45, 2.75) is 57.9 Å². The predicted molar refractivity (Wildman–Crippen MR) is 101 cm³/mol. The van der Waals surface area contributed by atoms with E-state index in [9.17, 15) is 0 Å². The molecule has 3 rings (SSSR count). The summed E-state index contributed by atoms with van der Waals surface area (Å²) in [5, 5.41) is 3.33. The van der Waals surface area contributed by atoms with Gasteiger partial charge in [0.2, 0.25) is 0 Å². The number of nitrogens with two attached hydrogens (primary N) is 1. The number of guanidine groups is 1. The summed E-state index contributed by atoms with van der Waals surface area (Å²) in [6.07, 6.45) is 8.68. The van der Waals surface area contributed by atoms with Crippen LogP contribution in [0, 0.1) is 5.92 Å². The molecule has 116 valence electrons. The third-order valence-corrected chi connectivity index (χ3v) is 4.51. The number of aryl methyl sites for hydroxylation is 1. The number of nitrogens with one attached hydrogen (secondary N) is 1. The van der Waals surface area contributed by atoms with Crippen LogP contribution >= 0.6 is 24.0 Å². The Kier molecular flexibility index (Phi) is 5.90. The lowest BCUT2D eigenvalue weighted by atomic mass is 9.90. The van der Waals surface area contributed by atoms with Crippen molar-refractivity contribution >= 4 is 35.6 Å². The van der Waals surface area contributed by atoms with E-state index < -0.39 is 0 Å². The number of halogens is 1. The summed E-state index contributed by atoms with van der Waals surface area (Å²) in [5.74, 6) is 1.36.